The Labute approximate surface area is 77.5 Å². The number of aromatic nitrogens is 1. The van der Waals surface area contributed by atoms with Gasteiger partial charge in [-0.2, -0.15) is 0 Å². The molecule has 0 aromatic carbocycles. The molecule has 0 aliphatic heterocycles. The molecule has 0 saturated carbocycles. The topological polar surface area (TPSA) is 12.9 Å². The minimum atomic E-state index is 0.346. The van der Waals surface area contributed by atoms with Crippen LogP contribution in [0.3, 0.4) is 0 Å². The minimum absolute atomic E-state index is 0.346. The summed E-state index contributed by atoms with van der Waals surface area (Å²) in [5, 5.41) is 0.609. The maximum Gasteiger partial charge on any atom is 0.106 e. The van der Waals surface area contributed by atoms with Crippen molar-refractivity contribution in [2.24, 2.45) is 0 Å². The van der Waals surface area contributed by atoms with Crippen LogP contribution < -0.4 is 0 Å². The first-order chi connectivity index (χ1) is 4.74. The maximum absolute atomic E-state index is 5.73. The third-order valence-corrected chi connectivity index (χ3v) is 2.05. The second-order valence-corrected chi connectivity index (χ2v) is 3.18. The Hall–Kier alpha value is 0.210. The molecule has 0 amide bonds. The molecule has 1 heterocycles. The molecule has 0 saturated heterocycles. The summed E-state index contributed by atoms with van der Waals surface area (Å²) in [5.74, 6) is 0.346. The van der Waals surface area contributed by atoms with E-state index in [-0.39, 0.29) is 0 Å². The largest absolute Gasteiger partial charge is 0.243 e. The molecule has 0 atom stereocenters. The number of hydrogen-bond donors (Lipinski definition) is 0. The van der Waals surface area contributed by atoms with E-state index in [1.807, 2.05) is 0 Å². The van der Waals surface area contributed by atoms with Crippen molar-refractivity contribution in [3.05, 3.63) is 27.5 Å². The molecular formula is C6H4BrCl2N. The molecule has 0 unspecified atom stereocenters. The number of rotatable bonds is 1. The second-order valence-electron chi connectivity index (χ2n) is 1.70. The van der Waals surface area contributed by atoms with Crippen LogP contribution in [0, 0.1) is 0 Å². The molecule has 0 fully saturated rings. The predicted octanol–water partition coefficient (Wildman–Crippen LogP) is 3.24. The highest BCUT2D eigenvalue weighted by Gasteiger charge is 1.99. The number of nitrogens with zero attached hydrogens (tertiary/aromatic N) is 1. The van der Waals surface area contributed by atoms with Crippen molar-refractivity contribution in [3.63, 3.8) is 0 Å². The molecular weight excluding hydrogens is 237 g/mol. The summed E-state index contributed by atoms with van der Waals surface area (Å²) in [4.78, 5) is 4.04. The van der Waals surface area contributed by atoms with Crippen LogP contribution >= 0.6 is 39.1 Å². The molecule has 0 aliphatic carbocycles. The van der Waals surface area contributed by atoms with Gasteiger partial charge in [0.25, 0.3) is 0 Å². The number of hydrogen-bond acceptors (Lipinski definition) is 1. The zero-order chi connectivity index (χ0) is 7.56. The van der Waals surface area contributed by atoms with Crippen molar-refractivity contribution in [2.75, 3.05) is 0 Å². The fraction of sp³-hybridized carbons (Fsp3) is 0.167. The number of halogens is 3. The van der Waals surface area contributed by atoms with Gasteiger partial charge in [-0.25, -0.2) is 4.98 Å². The lowest BCUT2D eigenvalue weighted by molar-refractivity contribution is 1.14. The highest BCUT2D eigenvalue weighted by molar-refractivity contribution is 9.10. The van der Waals surface area contributed by atoms with Gasteiger partial charge in [0.15, 0.2) is 0 Å². The third-order valence-electron chi connectivity index (χ3n) is 1.01. The lowest BCUT2D eigenvalue weighted by Gasteiger charge is -1.97. The Morgan fingerprint density at radius 2 is 2.20 bits per heavy atom. The molecule has 0 bridgehead atoms. The standard InChI is InChI=1S/C6H4BrCl2N/c7-6-2-1-4(9)5(3-8)10-6/h1-2H,3H2. The molecule has 0 N–H and O–H groups in total. The van der Waals surface area contributed by atoms with Gasteiger partial charge >= 0.3 is 0 Å². The van der Waals surface area contributed by atoms with E-state index in [4.69, 9.17) is 23.2 Å². The van der Waals surface area contributed by atoms with Crippen LogP contribution in [0.2, 0.25) is 5.02 Å². The first-order valence-electron chi connectivity index (χ1n) is 2.61. The highest BCUT2D eigenvalue weighted by atomic mass is 79.9. The summed E-state index contributed by atoms with van der Waals surface area (Å²) in [6, 6.07) is 3.54. The van der Waals surface area contributed by atoms with Gasteiger partial charge in [0.2, 0.25) is 0 Å². The first kappa shape index (κ1) is 8.31. The van der Waals surface area contributed by atoms with Gasteiger partial charge in [0.1, 0.15) is 4.60 Å². The fourth-order valence-corrected chi connectivity index (χ4v) is 1.34. The Morgan fingerprint density at radius 3 is 2.70 bits per heavy atom. The van der Waals surface area contributed by atoms with E-state index in [1.54, 1.807) is 12.1 Å². The van der Waals surface area contributed by atoms with Gasteiger partial charge in [0.05, 0.1) is 16.6 Å². The molecule has 0 radical (unpaired) electrons. The van der Waals surface area contributed by atoms with Crippen LogP contribution in [0.4, 0.5) is 0 Å². The van der Waals surface area contributed by atoms with E-state index in [1.165, 1.54) is 0 Å². The monoisotopic (exact) mass is 239 g/mol. The second kappa shape index (κ2) is 3.56. The summed E-state index contributed by atoms with van der Waals surface area (Å²) in [6.45, 7) is 0. The summed E-state index contributed by atoms with van der Waals surface area (Å²) in [7, 11) is 0. The lowest BCUT2D eigenvalue weighted by atomic mass is 10.4. The van der Waals surface area contributed by atoms with Crippen LogP contribution in [-0.2, 0) is 5.88 Å². The lowest BCUT2D eigenvalue weighted by Crippen LogP contribution is -1.86. The molecule has 1 aromatic heterocycles. The Bertz CT molecular complexity index is 239. The summed E-state index contributed by atoms with van der Waals surface area (Å²) >= 11 is 14.5. The zero-order valence-electron chi connectivity index (χ0n) is 4.94. The molecule has 10 heavy (non-hydrogen) atoms. The normalized spacial score (nSPS) is 9.90. The smallest absolute Gasteiger partial charge is 0.106 e. The van der Waals surface area contributed by atoms with Crippen molar-refractivity contribution >= 4 is 39.1 Å². The van der Waals surface area contributed by atoms with Crippen LogP contribution in [0.5, 0.6) is 0 Å². The Balaban J connectivity index is 3.09. The number of pyridine rings is 1. The average Bonchev–Trinajstić information content (AvgIpc) is 1.94. The highest BCUT2D eigenvalue weighted by Crippen LogP contribution is 2.18. The molecule has 1 aromatic rings. The first-order valence-corrected chi connectivity index (χ1v) is 4.31. The van der Waals surface area contributed by atoms with Gasteiger partial charge in [-0.05, 0) is 28.1 Å². The Kier molecular flexibility index (Phi) is 2.96. The van der Waals surface area contributed by atoms with Gasteiger partial charge in [-0.3, -0.25) is 0 Å². The average molecular weight is 241 g/mol. The van der Waals surface area contributed by atoms with Gasteiger partial charge in [-0.15, -0.1) is 11.6 Å². The van der Waals surface area contributed by atoms with E-state index in [9.17, 15) is 0 Å². The van der Waals surface area contributed by atoms with Crippen LogP contribution in [0.25, 0.3) is 0 Å². The fourth-order valence-electron chi connectivity index (χ4n) is 0.551. The van der Waals surface area contributed by atoms with Crippen molar-refractivity contribution in [3.8, 4) is 0 Å². The molecule has 1 nitrogen and oxygen atoms in total. The van der Waals surface area contributed by atoms with Gasteiger partial charge in [-0.1, -0.05) is 11.6 Å². The van der Waals surface area contributed by atoms with Crippen LogP contribution in [-0.4, -0.2) is 4.98 Å². The predicted molar refractivity (Wildman–Crippen MR) is 46.5 cm³/mol. The molecule has 0 spiro atoms. The van der Waals surface area contributed by atoms with E-state index >= 15 is 0 Å². The summed E-state index contributed by atoms with van der Waals surface area (Å²) in [6.07, 6.45) is 0. The number of alkyl halides is 1. The molecule has 54 valence electrons. The van der Waals surface area contributed by atoms with E-state index in [2.05, 4.69) is 20.9 Å². The zero-order valence-corrected chi connectivity index (χ0v) is 8.04. The molecule has 4 heteroatoms. The van der Waals surface area contributed by atoms with Crippen molar-refractivity contribution in [1.82, 2.24) is 4.98 Å². The van der Waals surface area contributed by atoms with Gasteiger partial charge < -0.3 is 0 Å². The summed E-state index contributed by atoms with van der Waals surface area (Å²) < 4.78 is 0.757. The quantitative estimate of drug-likeness (QED) is 0.543. The summed E-state index contributed by atoms with van der Waals surface area (Å²) in [5.41, 5.74) is 0.706. The van der Waals surface area contributed by atoms with E-state index < -0.39 is 0 Å². The Morgan fingerprint density at radius 1 is 1.50 bits per heavy atom. The van der Waals surface area contributed by atoms with Crippen molar-refractivity contribution in [1.29, 1.82) is 0 Å². The molecule has 0 aliphatic rings. The van der Waals surface area contributed by atoms with E-state index in [0.717, 1.165) is 4.60 Å². The van der Waals surface area contributed by atoms with Gasteiger partial charge in [0, 0.05) is 0 Å². The maximum atomic E-state index is 5.73. The van der Waals surface area contributed by atoms with Crippen molar-refractivity contribution in [2.45, 2.75) is 5.88 Å². The van der Waals surface area contributed by atoms with Crippen LogP contribution in [0.1, 0.15) is 5.69 Å². The van der Waals surface area contributed by atoms with E-state index in [0.29, 0.717) is 16.6 Å². The van der Waals surface area contributed by atoms with Crippen LogP contribution in [0.15, 0.2) is 16.7 Å². The SMILES string of the molecule is ClCc1nc(Br)ccc1Cl. The molecule has 1 rings (SSSR count). The van der Waals surface area contributed by atoms with Crippen molar-refractivity contribution < 1.29 is 0 Å². The third kappa shape index (κ3) is 1.84. The minimum Gasteiger partial charge on any atom is -0.243 e.